The number of hydrogen-bond donors (Lipinski definition) is 1. The van der Waals surface area contributed by atoms with Crippen molar-refractivity contribution in [2.24, 2.45) is 11.8 Å². The van der Waals surface area contributed by atoms with Crippen LogP contribution in [0, 0.1) is 11.8 Å². The van der Waals surface area contributed by atoms with Crippen LogP contribution in [-0.2, 0) is 11.2 Å². The summed E-state index contributed by atoms with van der Waals surface area (Å²) in [6.45, 7) is 4.49. The number of amides is 1. The third-order valence-electron chi connectivity index (χ3n) is 5.37. The van der Waals surface area contributed by atoms with E-state index in [0.29, 0.717) is 46.4 Å². The monoisotopic (exact) mass is 394 g/mol. The van der Waals surface area contributed by atoms with Gasteiger partial charge in [-0.3, -0.25) is 4.79 Å². The van der Waals surface area contributed by atoms with Crippen molar-refractivity contribution in [3.05, 3.63) is 40.3 Å². The summed E-state index contributed by atoms with van der Waals surface area (Å²) in [5.74, 6) is 2.35. The highest BCUT2D eigenvalue weighted by Gasteiger charge is 2.28. The van der Waals surface area contributed by atoms with Gasteiger partial charge in [-0.1, -0.05) is 49.9 Å². The summed E-state index contributed by atoms with van der Waals surface area (Å²) in [6, 6.07) is 5.50. The first kappa shape index (κ1) is 19.2. The van der Waals surface area contributed by atoms with Crippen molar-refractivity contribution in [1.29, 1.82) is 0 Å². The quantitative estimate of drug-likeness (QED) is 0.725. The zero-order valence-electron chi connectivity index (χ0n) is 15.1. The van der Waals surface area contributed by atoms with Crippen molar-refractivity contribution in [1.82, 2.24) is 10.3 Å². The first-order valence-electron chi connectivity index (χ1n) is 9.13. The molecule has 0 saturated heterocycles. The molecule has 1 heterocycles. The van der Waals surface area contributed by atoms with Gasteiger partial charge in [-0.05, 0) is 36.5 Å². The Hall–Kier alpha value is -1.52. The number of oxazole rings is 1. The van der Waals surface area contributed by atoms with Crippen LogP contribution in [0.1, 0.15) is 45.4 Å². The van der Waals surface area contributed by atoms with Gasteiger partial charge in [-0.2, -0.15) is 0 Å². The van der Waals surface area contributed by atoms with E-state index in [0.717, 1.165) is 12.0 Å². The van der Waals surface area contributed by atoms with E-state index in [-0.39, 0.29) is 11.9 Å². The lowest BCUT2D eigenvalue weighted by molar-refractivity contribution is -0.122. The Morgan fingerprint density at radius 1 is 1.31 bits per heavy atom. The molecule has 1 aliphatic rings. The summed E-state index contributed by atoms with van der Waals surface area (Å²) in [6.07, 6.45) is 5.96. The minimum Gasteiger partial charge on any atom is -0.441 e. The minimum absolute atomic E-state index is 0.0558. The lowest BCUT2D eigenvalue weighted by Crippen LogP contribution is -2.43. The van der Waals surface area contributed by atoms with Gasteiger partial charge < -0.3 is 9.73 Å². The molecule has 3 rings (SSSR count). The van der Waals surface area contributed by atoms with Crippen LogP contribution < -0.4 is 5.32 Å². The lowest BCUT2D eigenvalue weighted by atomic mass is 9.78. The van der Waals surface area contributed by atoms with Crippen LogP contribution in [0.5, 0.6) is 0 Å². The smallest absolute Gasteiger partial charge is 0.220 e. The predicted octanol–water partition coefficient (Wildman–Crippen LogP) is 5.52. The molecule has 1 N–H and O–H groups in total. The molecule has 2 aromatic rings. The Labute approximate surface area is 164 Å². The maximum Gasteiger partial charge on any atom is 0.220 e. The highest BCUT2D eigenvalue weighted by molar-refractivity contribution is 6.36. The van der Waals surface area contributed by atoms with E-state index in [1.165, 1.54) is 12.8 Å². The second-order valence-electron chi connectivity index (χ2n) is 7.18. The number of aromatic nitrogens is 1. The summed E-state index contributed by atoms with van der Waals surface area (Å²) >= 11 is 12.1. The van der Waals surface area contributed by atoms with Gasteiger partial charge >= 0.3 is 0 Å². The van der Waals surface area contributed by atoms with Gasteiger partial charge in [-0.15, -0.1) is 0 Å². The number of hydrogen-bond acceptors (Lipinski definition) is 3. The maximum atomic E-state index is 12.3. The van der Waals surface area contributed by atoms with Crippen LogP contribution >= 0.6 is 23.2 Å². The summed E-state index contributed by atoms with van der Waals surface area (Å²) in [5, 5.41) is 4.26. The molecule has 26 heavy (non-hydrogen) atoms. The highest BCUT2D eigenvalue weighted by atomic mass is 35.5. The molecule has 3 atom stereocenters. The number of aryl methyl sites for hydroxylation is 1. The van der Waals surface area contributed by atoms with E-state index in [9.17, 15) is 4.79 Å². The molecule has 1 fully saturated rings. The fraction of sp³-hybridized carbons (Fsp3) is 0.500. The topological polar surface area (TPSA) is 55.1 Å². The molecule has 4 nitrogen and oxygen atoms in total. The third-order valence-corrected chi connectivity index (χ3v) is 5.92. The number of halogens is 2. The van der Waals surface area contributed by atoms with Crippen LogP contribution in [0.3, 0.4) is 0 Å². The fourth-order valence-electron chi connectivity index (χ4n) is 3.52. The van der Waals surface area contributed by atoms with E-state index in [1.54, 1.807) is 24.4 Å². The SMILES string of the molecule is CC1CCCC(NC(=O)CCc2ncc(-c3ccc(Cl)cc3Cl)o2)C1C. The second kappa shape index (κ2) is 8.45. The van der Waals surface area contributed by atoms with Crippen LogP contribution in [-0.4, -0.2) is 16.9 Å². The number of benzene rings is 1. The zero-order valence-corrected chi connectivity index (χ0v) is 16.6. The van der Waals surface area contributed by atoms with Crippen molar-refractivity contribution in [3.63, 3.8) is 0 Å². The molecule has 0 spiro atoms. The lowest BCUT2D eigenvalue weighted by Gasteiger charge is -2.34. The van der Waals surface area contributed by atoms with Gasteiger partial charge in [0.05, 0.1) is 11.2 Å². The Kier molecular flexibility index (Phi) is 6.25. The predicted molar refractivity (Wildman–Crippen MR) is 104 cm³/mol. The number of rotatable bonds is 5. The van der Waals surface area contributed by atoms with Gasteiger partial charge in [0.15, 0.2) is 11.7 Å². The van der Waals surface area contributed by atoms with E-state index >= 15 is 0 Å². The molecule has 1 amide bonds. The van der Waals surface area contributed by atoms with E-state index in [1.807, 2.05) is 0 Å². The first-order valence-corrected chi connectivity index (χ1v) is 9.89. The van der Waals surface area contributed by atoms with Crippen molar-refractivity contribution < 1.29 is 9.21 Å². The second-order valence-corrected chi connectivity index (χ2v) is 8.03. The van der Waals surface area contributed by atoms with Gasteiger partial charge in [0.2, 0.25) is 5.91 Å². The summed E-state index contributed by atoms with van der Waals surface area (Å²) in [4.78, 5) is 16.6. The molecular formula is C20H24Cl2N2O2. The largest absolute Gasteiger partial charge is 0.441 e. The summed E-state index contributed by atoms with van der Waals surface area (Å²) < 4.78 is 5.75. The number of nitrogens with zero attached hydrogens (tertiary/aromatic N) is 1. The van der Waals surface area contributed by atoms with Crippen molar-refractivity contribution in [3.8, 4) is 11.3 Å². The Bertz CT molecular complexity index is 775. The minimum atomic E-state index is 0.0558. The van der Waals surface area contributed by atoms with Crippen LogP contribution in [0.15, 0.2) is 28.8 Å². The molecule has 1 aromatic carbocycles. The van der Waals surface area contributed by atoms with Crippen molar-refractivity contribution in [2.75, 3.05) is 0 Å². The number of carbonyl (C=O) groups is 1. The fourth-order valence-corrected chi connectivity index (χ4v) is 4.03. The first-order chi connectivity index (χ1) is 12.4. The molecule has 0 aliphatic heterocycles. The zero-order chi connectivity index (χ0) is 18.7. The Morgan fingerprint density at radius 2 is 2.12 bits per heavy atom. The van der Waals surface area contributed by atoms with Crippen LogP contribution in [0.4, 0.5) is 0 Å². The molecule has 6 heteroatoms. The van der Waals surface area contributed by atoms with Crippen LogP contribution in [0.2, 0.25) is 10.0 Å². The molecule has 1 aliphatic carbocycles. The van der Waals surface area contributed by atoms with E-state index in [2.05, 4.69) is 24.1 Å². The maximum absolute atomic E-state index is 12.3. The highest BCUT2D eigenvalue weighted by Crippen LogP contribution is 2.31. The normalized spacial score (nSPS) is 23.0. The molecule has 1 aromatic heterocycles. The number of nitrogens with one attached hydrogen (secondary N) is 1. The Balaban J connectivity index is 1.55. The molecule has 140 valence electrons. The Morgan fingerprint density at radius 3 is 2.88 bits per heavy atom. The van der Waals surface area contributed by atoms with Crippen LogP contribution in [0.25, 0.3) is 11.3 Å². The van der Waals surface area contributed by atoms with Crippen molar-refractivity contribution in [2.45, 2.75) is 52.0 Å². The summed E-state index contributed by atoms with van der Waals surface area (Å²) in [7, 11) is 0. The molecule has 3 unspecified atom stereocenters. The molecular weight excluding hydrogens is 371 g/mol. The average Bonchev–Trinajstić information content (AvgIpc) is 3.06. The van der Waals surface area contributed by atoms with E-state index in [4.69, 9.17) is 27.6 Å². The van der Waals surface area contributed by atoms with Gasteiger partial charge in [0, 0.05) is 29.5 Å². The molecule has 1 saturated carbocycles. The van der Waals surface area contributed by atoms with Gasteiger partial charge in [-0.25, -0.2) is 4.98 Å². The molecule has 0 radical (unpaired) electrons. The van der Waals surface area contributed by atoms with E-state index < -0.39 is 0 Å². The molecule has 0 bridgehead atoms. The standard InChI is InChI=1S/C20H24Cl2N2O2/c1-12-4-3-5-17(13(12)2)24-19(25)8-9-20-23-11-18(26-20)15-7-6-14(21)10-16(15)22/h6-7,10-13,17H,3-5,8-9H2,1-2H3,(H,24,25). The van der Waals surface area contributed by atoms with Crippen molar-refractivity contribution >= 4 is 29.1 Å². The number of carbonyl (C=O) groups excluding carboxylic acids is 1. The third kappa shape index (κ3) is 4.60. The average molecular weight is 395 g/mol. The van der Waals surface area contributed by atoms with Gasteiger partial charge in [0.1, 0.15) is 0 Å². The summed E-state index contributed by atoms with van der Waals surface area (Å²) in [5.41, 5.74) is 0.740. The van der Waals surface area contributed by atoms with Gasteiger partial charge in [0.25, 0.3) is 0 Å².